The molecule has 1 N–H and O–H groups in total. The molecule has 24 heavy (non-hydrogen) atoms. The number of likely N-dealkylation sites (tertiary alicyclic amines) is 1. The van der Waals surface area contributed by atoms with Crippen molar-refractivity contribution in [1.82, 2.24) is 15.1 Å². The van der Waals surface area contributed by atoms with Crippen LogP contribution in [0.25, 0.3) is 0 Å². The number of nitrogens with zero attached hydrogens (tertiary/aromatic N) is 2. The number of hydrogen-bond acceptors (Lipinski definition) is 3. The molecule has 5 nitrogen and oxygen atoms in total. The van der Waals surface area contributed by atoms with Crippen LogP contribution in [0, 0.1) is 0 Å². The number of benzene rings is 1. The second-order valence-corrected chi connectivity index (χ2v) is 6.45. The zero-order valence-electron chi connectivity index (χ0n) is 14.1. The van der Waals surface area contributed by atoms with Crippen LogP contribution >= 0.6 is 12.4 Å². The summed E-state index contributed by atoms with van der Waals surface area (Å²) in [6, 6.07) is 9.43. The lowest BCUT2D eigenvalue weighted by molar-refractivity contribution is -0.148. The van der Waals surface area contributed by atoms with E-state index in [0.717, 1.165) is 37.9 Å². The van der Waals surface area contributed by atoms with Gasteiger partial charge in [0.1, 0.15) is 6.04 Å². The summed E-state index contributed by atoms with van der Waals surface area (Å²) in [5.41, 5.74) is 0.908. The monoisotopic (exact) mass is 351 g/mol. The van der Waals surface area contributed by atoms with Gasteiger partial charge in [-0.25, -0.2) is 0 Å². The van der Waals surface area contributed by atoms with Crippen LogP contribution in [0.2, 0.25) is 0 Å². The molecule has 6 heteroatoms. The van der Waals surface area contributed by atoms with Gasteiger partial charge in [-0.05, 0) is 31.4 Å². The molecule has 2 amide bonds. The standard InChI is InChI=1S/C18H25N3O2.ClH/c1-20(15-10-11-19-13-15)18(23)17(14-7-3-2-4-8-14)21-12-6-5-9-16(21)22;/h2-4,7-8,15,17,19H,5-6,9-13H2,1H3;1H. The van der Waals surface area contributed by atoms with Crippen molar-refractivity contribution in [2.45, 2.75) is 37.8 Å². The van der Waals surface area contributed by atoms with Crippen molar-refractivity contribution in [1.29, 1.82) is 0 Å². The van der Waals surface area contributed by atoms with Gasteiger partial charge in [-0.2, -0.15) is 0 Å². The van der Waals surface area contributed by atoms with Crippen LogP contribution in [0.1, 0.15) is 37.3 Å². The summed E-state index contributed by atoms with van der Waals surface area (Å²) >= 11 is 0. The van der Waals surface area contributed by atoms with E-state index in [2.05, 4.69) is 5.32 Å². The van der Waals surface area contributed by atoms with Gasteiger partial charge in [0, 0.05) is 32.6 Å². The fourth-order valence-electron chi connectivity index (χ4n) is 3.53. The lowest BCUT2D eigenvalue weighted by atomic mass is 9.99. The number of rotatable bonds is 4. The maximum absolute atomic E-state index is 13.2. The summed E-state index contributed by atoms with van der Waals surface area (Å²) in [5.74, 6) is 0.122. The number of halogens is 1. The fourth-order valence-corrected chi connectivity index (χ4v) is 3.53. The fraction of sp³-hybridized carbons (Fsp3) is 0.556. The molecular formula is C18H26ClN3O2. The molecule has 2 atom stereocenters. The third kappa shape index (κ3) is 3.90. The highest BCUT2D eigenvalue weighted by Gasteiger charge is 2.36. The summed E-state index contributed by atoms with van der Waals surface area (Å²) in [6.07, 6.45) is 3.41. The van der Waals surface area contributed by atoms with Crippen LogP contribution < -0.4 is 5.32 Å². The van der Waals surface area contributed by atoms with E-state index in [4.69, 9.17) is 0 Å². The van der Waals surface area contributed by atoms with Gasteiger partial charge >= 0.3 is 0 Å². The topological polar surface area (TPSA) is 52.7 Å². The van der Waals surface area contributed by atoms with Crippen molar-refractivity contribution in [3.8, 4) is 0 Å². The molecule has 3 rings (SSSR count). The van der Waals surface area contributed by atoms with Crippen molar-refractivity contribution < 1.29 is 9.59 Å². The molecule has 0 aliphatic carbocycles. The van der Waals surface area contributed by atoms with Crippen LogP contribution in [-0.2, 0) is 9.59 Å². The molecule has 2 aliphatic rings. The second kappa shape index (κ2) is 8.49. The summed E-state index contributed by atoms with van der Waals surface area (Å²) in [5, 5.41) is 3.30. The molecule has 1 aromatic carbocycles. The Labute approximate surface area is 149 Å². The molecule has 0 spiro atoms. The quantitative estimate of drug-likeness (QED) is 0.902. The summed E-state index contributed by atoms with van der Waals surface area (Å²) < 4.78 is 0. The van der Waals surface area contributed by atoms with E-state index < -0.39 is 6.04 Å². The maximum atomic E-state index is 13.2. The van der Waals surface area contributed by atoms with Crippen molar-refractivity contribution in [2.75, 3.05) is 26.7 Å². The van der Waals surface area contributed by atoms with Gasteiger partial charge in [0.15, 0.2) is 0 Å². The van der Waals surface area contributed by atoms with Gasteiger partial charge in [0.25, 0.3) is 0 Å². The highest BCUT2D eigenvalue weighted by atomic mass is 35.5. The highest BCUT2D eigenvalue weighted by molar-refractivity contribution is 5.89. The zero-order chi connectivity index (χ0) is 16.2. The smallest absolute Gasteiger partial charge is 0.250 e. The first-order valence-corrected chi connectivity index (χ1v) is 8.50. The largest absolute Gasteiger partial charge is 0.339 e. The number of carbonyl (C=O) groups excluding carboxylic acids is 2. The van der Waals surface area contributed by atoms with Gasteiger partial charge in [0.05, 0.1) is 0 Å². The SMILES string of the molecule is CN(C(=O)C(c1ccccc1)N1CCCCC1=O)C1CCNC1.Cl. The third-order valence-corrected chi connectivity index (χ3v) is 4.95. The van der Waals surface area contributed by atoms with Crippen molar-refractivity contribution >= 4 is 24.2 Å². The molecule has 0 radical (unpaired) electrons. The lowest BCUT2D eigenvalue weighted by Gasteiger charge is -2.37. The van der Waals surface area contributed by atoms with Crippen LogP contribution in [0.4, 0.5) is 0 Å². The van der Waals surface area contributed by atoms with Crippen LogP contribution in [0.3, 0.4) is 0 Å². The molecular weight excluding hydrogens is 326 g/mol. The Kier molecular flexibility index (Phi) is 6.63. The third-order valence-electron chi connectivity index (χ3n) is 4.95. The summed E-state index contributed by atoms with van der Waals surface area (Å²) in [7, 11) is 1.87. The van der Waals surface area contributed by atoms with Crippen molar-refractivity contribution in [2.24, 2.45) is 0 Å². The summed E-state index contributed by atoms with van der Waals surface area (Å²) in [4.78, 5) is 29.2. The number of hydrogen-bond donors (Lipinski definition) is 1. The molecule has 2 heterocycles. The minimum atomic E-state index is -0.491. The van der Waals surface area contributed by atoms with E-state index in [0.29, 0.717) is 13.0 Å². The molecule has 2 saturated heterocycles. The Bertz CT molecular complexity index is 561. The maximum Gasteiger partial charge on any atom is 0.250 e. The van der Waals surface area contributed by atoms with E-state index >= 15 is 0 Å². The first-order chi connectivity index (χ1) is 11.2. The van der Waals surface area contributed by atoms with E-state index in [1.807, 2.05) is 42.3 Å². The molecule has 2 fully saturated rings. The first-order valence-electron chi connectivity index (χ1n) is 8.50. The van der Waals surface area contributed by atoms with Crippen molar-refractivity contribution in [3.05, 3.63) is 35.9 Å². The minimum absolute atomic E-state index is 0. The van der Waals surface area contributed by atoms with E-state index in [1.165, 1.54) is 0 Å². The minimum Gasteiger partial charge on any atom is -0.339 e. The molecule has 1 aromatic rings. The Morgan fingerprint density at radius 2 is 2.04 bits per heavy atom. The normalized spacial score (nSPS) is 22.0. The van der Waals surface area contributed by atoms with Gasteiger partial charge in [-0.15, -0.1) is 12.4 Å². The molecule has 2 aliphatic heterocycles. The van der Waals surface area contributed by atoms with Crippen LogP contribution in [-0.4, -0.2) is 54.3 Å². The zero-order valence-corrected chi connectivity index (χ0v) is 14.9. The molecule has 2 unspecified atom stereocenters. The second-order valence-electron chi connectivity index (χ2n) is 6.45. The molecule has 0 bridgehead atoms. The number of piperidine rings is 1. The van der Waals surface area contributed by atoms with Gasteiger partial charge in [-0.3, -0.25) is 9.59 Å². The Morgan fingerprint density at radius 1 is 1.29 bits per heavy atom. The van der Waals surface area contributed by atoms with E-state index in [1.54, 1.807) is 4.90 Å². The number of likely N-dealkylation sites (N-methyl/N-ethyl adjacent to an activating group) is 1. The van der Waals surface area contributed by atoms with Gasteiger partial charge in [-0.1, -0.05) is 30.3 Å². The molecule has 132 valence electrons. The Hall–Kier alpha value is -1.59. The number of carbonyl (C=O) groups is 2. The Balaban J connectivity index is 0.00000208. The van der Waals surface area contributed by atoms with Gasteiger partial charge in [0.2, 0.25) is 11.8 Å². The Morgan fingerprint density at radius 3 is 2.67 bits per heavy atom. The van der Waals surface area contributed by atoms with Crippen molar-refractivity contribution in [3.63, 3.8) is 0 Å². The van der Waals surface area contributed by atoms with Crippen LogP contribution in [0.5, 0.6) is 0 Å². The lowest BCUT2D eigenvalue weighted by Crippen LogP contribution is -2.49. The van der Waals surface area contributed by atoms with E-state index in [9.17, 15) is 9.59 Å². The van der Waals surface area contributed by atoms with E-state index in [-0.39, 0.29) is 30.3 Å². The highest BCUT2D eigenvalue weighted by Crippen LogP contribution is 2.28. The summed E-state index contributed by atoms with van der Waals surface area (Å²) in [6.45, 7) is 2.44. The predicted octanol–water partition coefficient (Wildman–Crippen LogP) is 1.98. The van der Waals surface area contributed by atoms with Gasteiger partial charge < -0.3 is 15.1 Å². The average Bonchev–Trinajstić information content (AvgIpc) is 3.11. The first kappa shape index (κ1) is 18.7. The molecule has 0 saturated carbocycles. The van der Waals surface area contributed by atoms with Crippen LogP contribution in [0.15, 0.2) is 30.3 Å². The number of amides is 2. The molecule has 0 aromatic heterocycles. The number of nitrogens with one attached hydrogen (secondary N) is 1. The average molecular weight is 352 g/mol. The predicted molar refractivity (Wildman–Crippen MR) is 96.0 cm³/mol.